The van der Waals surface area contributed by atoms with E-state index in [0.29, 0.717) is 23.0 Å². The number of para-hydroxylation sites is 2. The largest absolute Gasteiger partial charge is 0.497 e. The molecular weight excluding hydrogens is 408 g/mol. The highest BCUT2D eigenvalue weighted by atomic mass is 16.5. The molecule has 0 atom stereocenters. The monoisotopic (exact) mass is 436 g/mol. The number of carbonyl (C=O) groups excluding carboxylic acids is 1. The van der Waals surface area contributed by atoms with Gasteiger partial charge in [0.15, 0.2) is 17.3 Å². The predicted octanol–water partition coefficient (Wildman–Crippen LogP) is 4.27. The number of anilines is 1. The van der Waals surface area contributed by atoms with Crippen LogP contribution < -0.4 is 24.4 Å². The Labute approximate surface area is 187 Å². The standard InChI is InChI=1S/C25H28N2O5/c1-29-20-9-7-19(8-10-20)27-15-13-18(14-16-27)26-25(28)24-12-11-21(32-24)17-31-23-6-4-3-5-22(23)30-2/h3-12,18H,13-17H2,1-2H3,(H,26,28). The van der Waals surface area contributed by atoms with Crippen molar-refractivity contribution in [3.8, 4) is 17.2 Å². The van der Waals surface area contributed by atoms with Crippen molar-refractivity contribution in [1.82, 2.24) is 5.32 Å². The van der Waals surface area contributed by atoms with Crippen LogP contribution in [-0.2, 0) is 6.61 Å². The number of nitrogens with zero attached hydrogens (tertiary/aromatic N) is 1. The summed E-state index contributed by atoms with van der Waals surface area (Å²) in [7, 11) is 3.26. The summed E-state index contributed by atoms with van der Waals surface area (Å²) in [5.41, 5.74) is 1.17. The third kappa shape index (κ3) is 5.17. The van der Waals surface area contributed by atoms with Crippen molar-refractivity contribution in [2.24, 2.45) is 0 Å². The molecule has 1 N–H and O–H groups in total. The van der Waals surface area contributed by atoms with Crippen molar-refractivity contribution in [1.29, 1.82) is 0 Å². The number of rotatable bonds is 8. The van der Waals surface area contributed by atoms with Crippen LogP contribution in [0.15, 0.2) is 65.1 Å². The number of methoxy groups -OCH3 is 2. The van der Waals surface area contributed by atoms with Gasteiger partial charge in [-0.25, -0.2) is 0 Å². The molecule has 1 saturated heterocycles. The molecule has 2 aromatic carbocycles. The third-order valence-electron chi connectivity index (χ3n) is 5.59. The normalized spacial score (nSPS) is 14.1. The first-order chi connectivity index (χ1) is 15.7. The Morgan fingerprint density at radius 1 is 0.969 bits per heavy atom. The molecule has 2 heterocycles. The summed E-state index contributed by atoms with van der Waals surface area (Å²) in [4.78, 5) is 15.0. The lowest BCUT2D eigenvalue weighted by Crippen LogP contribution is -2.44. The number of furan rings is 1. The number of piperidine rings is 1. The van der Waals surface area contributed by atoms with E-state index in [2.05, 4.69) is 22.3 Å². The minimum absolute atomic E-state index is 0.121. The zero-order chi connectivity index (χ0) is 22.3. The van der Waals surface area contributed by atoms with Crippen LogP contribution >= 0.6 is 0 Å². The molecule has 3 aromatic rings. The second-order valence-electron chi connectivity index (χ2n) is 7.64. The molecule has 7 nitrogen and oxygen atoms in total. The smallest absolute Gasteiger partial charge is 0.287 e. The molecule has 7 heteroatoms. The molecule has 0 unspecified atom stereocenters. The molecule has 1 amide bonds. The molecule has 168 valence electrons. The number of nitrogens with one attached hydrogen (secondary N) is 1. The Balaban J connectivity index is 1.26. The van der Waals surface area contributed by atoms with Gasteiger partial charge in [0, 0.05) is 24.8 Å². The van der Waals surface area contributed by atoms with E-state index in [4.69, 9.17) is 18.6 Å². The highest BCUT2D eigenvalue weighted by molar-refractivity contribution is 5.91. The van der Waals surface area contributed by atoms with E-state index in [-0.39, 0.29) is 18.6 Å². The molecule has 32 heavy (non-hydrogen) atoms. The molecule has 0 spiro atoms. The molecule has 1 aliphatic rings. The molecule has 1 fully saturated rings. The van der Waals surface area contributed by atoms with Crippen LogP contribution in [0.25, 0.3) is 0 Å². The fourth-order valence-corrected chi connectivity index (χ4v) is 3.80. The van der Waals surface area contributed by atoms with Gasteiger partial charge in [-0.1, -0.05) is 12.1 Å². The topological polar surface area (TPSA) is 73.2 Å². The number of hydrogen-bond donors (Lipinski definition) is 1. The van der Waals surface area contributed by atoms with E-state index in [1.165, 1.54) is 5.69 Å². The van der Waals surface area contributed by atoms with Crippen molar-refractivity contribution in [3.05, 3.63) is 72.2 Å². The van der Waals surface area contributed by atoms with Gasteiger partial charge in [-0.2, -0.15) is 0 Å². The Morgan fingerprint density at radius 3 is 2.38 bits per heavy atom. The molecule has 0 saturated carbocycles. The number of benzene rings is 2. The first kappa shape index (κ1) is 21.6. The molecular formula is C25H28N2O5. The minimum atomic E-state index is -0.198. The Bertz CT molecular complexity index is 1020. The summed E-state index contributed by atoms with van der Waals surface area (Å²) in [6, 6.07) is 19.0. The SMILES string of the molecule is COc1ccc(N2CCC(NC(=O)c3ccc(COc4ccccc4OC)o3)CC2)cc1. The van der Waals surface area contributed by atoms with Crippen LogP contribution in [0.4, 0.5) is 5.69 Å². The number of amides is 1. The van der Waals surface area contributed by atoms with Crippen LogP contribution in [0.5, 0.6) is 17.2 Å². The first-order valence-corrected chi connectivity index (χ1v) is 10.7. The van der Waals surface area contributed by atoms with Gasteiger partial charge in [0.05, 0.1) is 14.2 Å². The van der Waals surface area contributed by atoms with Crippen LogP contribution in [0.1, 0.15) is 29.2 Å². The lowest BCUT2D eigenvalue weighted by Gasteiger charge is -2.33. The third-order valence-corrected chi connectivity index (χ3v) is 5.59. The number of carbonyl (C=O) groups is 1. The fraction of sp³-hybridized carbons (Fsp3) is 0.320. The minimum Gasteiger partial charge on any atom is -0.497 e. The van der Waals surface area contributed by atoms with E-state index in [1.54, 1.807) is 26.4 Å². The maximum absolute atomic E-state index is 12.6. The lowest BCUT2D eigenvalue weighted by atomic mass is 10.0. The van der Waals surface area contributed by atoms with Gasteiger partial charge in [0.1, 0.15) is 18.1 Å². The van der Waals surface area contributed by atoms with Gasteiger partial charge < -0.3 is 28.8 Å². The van der Waals surface area contributed by atoms with Gasteiger partial charge in [0.25, 0.3) is 5.91 Å². The summed E-state index contributed by atoms with van der Waals surface area (Å²) >= 11 is 0. The van der Waals surface area contributed by atoms with Crippen LogP contribution in [-0.4, -0.2) is 39.3 Å². The summed E-state index contributed by atoms with van der Waals surface area (Å²) < 4.78 is 22.0. The van der Waals surface area contributed by atoms with E-state index in [9.17, 15) is 4.79 Å². The van der Waals surface area contributed by atoms with Crippen molar-refractivity contribution < 1.29 is 23.4 Å². The first-order valence-electron chi connectivity index (χ1n) is 10.7. The average molecular weight is 437 g/mol. The molecule has 0 radical (unpaired) electrons. The zero-order valence-electron chi connectivity index (χ0n) is 18.4. The maximum atomic E-state index is 12.6. The van der Waals surface area contributed by atoms with Crippen LogP contribution in [0.3, 0.4) is 0 Å². The second kappa shape index (κ2) is 10.1. The van der Waals surface area contributed by atoms with E-state index in [0.717, 1.165) is 31.7 Å². The number of hydrogen-bond acceptors (Lipinski definition) is 6. The lowest BCUT2D eigenvalue weighted by molar-refractivity contribution is 0.0898. The molecule has 4 rings (SSSR count). The molecule has 1 aliphatic heterocycles. The van der Waals surface area contributed by atoms with Gasteiger partial charge in [-0.05, 0) is 61.4 Å². The van der Waals surface area contributed by atoms with Crippen LogP contribution in [0.2, 0.25) is 0 Å². The summed E-state index contributed by atoms with van der Waals surface area (Å²) in [5, 5.41) is 3.09. The van der Waals surface area contributed by atoms with E-state index >= 15 is 0 Å². The summed E-state index contributed by atoms with van der Waals surface area (Å²) in [5.74, 6) is 2.80. The quantitative estimate of drug-likeness (QED) is 0.568. The second-order valence-corrected chi connectivity index (χ2v) is 7.64. The molecule has 0 bridgehead atoms. The fourth-order valence-electron chi connectivity index (χ4n) is 3.80. The Hall–Kier alpha value is -3.61. The summed E-state index contributed by atoms with van der Waals surface area (Å²) in [6.45, 7) is 1.98. The maximum Gasteiger partial charge on any atom is 0.287 e. The zero-order valence-corrected chi connectivity index (χ0v) is 18.4. The van der Waals surface area contributed by atoms with Crippen molar-refractivity contribution in [3.63, 3.8) is 0 Å². The van der Waals surface area contributed by atoms with E-state index < -0.39 is 0 Å². The Morgan fingerprint density at radius 2 is 1.69 bits per heavy atom. The average Bonchev–Trinajstić information content (AvgIpc) is 3.33. The highest BCUT2D eigenvalue weighted by Gasteiger charge is 2.22. The molecule has 1 aromatic heterocycles. The van der Waals surface area contributed by atoms with Gasteiger partial charge in [-0.3, -0.25) is 4.79 Å². The van der Waals surface area contributed by atoms with Gasteiger partial charge >= 0.3 is 0 Å². The van der Waals surface area contributed by atoms with Crippen LogP contribution in [0, 0.1) is 0 Å². The Kier molecular flexibility index (Phi) is 6.84. The van der Waals surface area contributed by atoms with Crippen molar-refractivity contribution in [2.75, 3.05) is 32.2 Å². The predicted molar refractivity (Wildman–Crippen MR) is 122 cm³/mol. The van der Waals surface area contributed by atoms with Gasteiger partial charge in [0.2, 0.25) is 0 Å². The highest BCUT2D eigenvalue weighted by Crippen LogP contribution is 2.27. The number of ether oxygens (including phenoxy) is 3. The van der Waals surface area contributed by atoms with Crippen molar-refractivity contribution in [2.45, 2.75) is 25.5 Å². The van der Waals surface area contributed by atoms with Gasteiger partial charge in [-0.15, -0.1) is 0 Å². The van der Waals surface area contributed by atoms with E-state index in [1.807, 2.05) is 36.4 Å². The van der Waals surface area contributed by atoms with Crippen molar-refractivity contribution >= 4 is 11.6 Å². The molecule has 0 aliphatic carbocycles. The summed E-state index contributed by atoms with van der Waals surface area (Å²) in [6.07, 6.45) is 1.75.